The second-order valence-electron chi connectivity index (χ2n) is 13.9. The van der Waals surface area contributed by atoms with Crippen LogP contribution in [0.15, 0.2) is 95.9 Å². The number of piperidine rings is 1. The van der Waals surface area contributed by atoms with E-state index in [1.807, 2.05) is 69.3 Å². The molecule has 0 bridgehead atoms. The minimum absolute atomic E-state index is 0.0196. The topological polar surface area (TPSA) is 93.7 Å². The Hall–Kier alpha value is -4.11. The van der Waals surface area contributed by atoms with Gasteiger partial charge in [-0.3, -0.25) is 14.3 Å². The second kappa shape index (κ2) is 22.2. The lowest BCUT2D eigenvalue weighted by Gasteiger charge is -2.29. The summed E-state index contributed by atoms with van der Waals surface area (Å²) >= 11 is 1.49. The fourth-order valence-electron chi connectivity index (χ4n) is 6.47. The van der Waals surface area contributed by atoms with E-state index in [2.05, 4.69) is 70.5 Å². The Labute approximate surface area is 322 Å². The van der Waals surface area contributed by atoms with Gasteiger partial charge in [0.05, 0.1) is 17.4 Å². The molecule has 0 atom stereocenters. The number of nitrogens with zero attached hydrogens (tertiary/aromatic N) is 1. The molecule has 1 saturated heterocycles. The summed E-state index contributed by atoms with van der Waals surface area (Å²) in [5.74, 6) is 0.355. The number of hydrogen-bond donors (Lipinski definition) is 4. The number of aliphatic hydroxyl groups excluding tert-OH is 1. The largest absolute Gasteiger partial charge is 0.393 e. The van der Waals surface area contributed by atoms with Crippen LogP contribution in [0.1, 0.15) is 110 Å². The molecule has 7 nitrogen and oxygen atoms in total. The smallest absolute Gasteiger partial charge is 0.257 e. The summed E-state index contributed by atoms with van der Waals surface area (Å²) in [5.41, 5.74) is 6.98. The van der Waals surface area contributed by atoms with Gasteiger partial charge in [-0.05, 0) is 142 Å². The molecule has 0 aromatic heterocycles. The first-order valence-electron chi connectivity index (χ1n) is 19.6. The molecule has 2 amide bonds. The van der Waals surface area contributed by atoms with Crippen LogP contribution >= 0.6 is 11.9 Å². The maximum Gasteiger partial charge on any atom is 0.257 e. The molecule has 2 aliphatic rings. The van der Waals surface area contributed by atoms with Gasteiger partial charge in [0.2, 0.25) is 0 Å². The van der Waals surface area contributed by atoms with E-state index in [0.29, 0.717) is 16.8 Å². The average molecular weight is 737 g/mol. The van der Waals surface area contributed by atoms with E-state index in [0.717, 1.165) is 80.3 Å². The normalized spacial score (nSPS) is 16.7. The van der Waals surface area contributed by atoms with Gasteiger partial charge in [-0.2, -0.15) is 0 Å². The number of carbonyl (C=O) groups excluding carboxylic acids is 2. The van der Waals surface area contributed by atoms with Gasteiger partial charge in [0.25, 0.3) is 11.8 Å². The van der Waals surface area contributed by atoms with E-state index in [9.17, 15) is 9.59 Å². The highest BCUT2D eigenvalue weighted by Gasteiger charge is 2.19. The van der Waals surface area contributed by atoms with Crippen molar-refractivity contribution in [3.05, 3.63) is 119 Å². The zero-order valence-electron chi connectivity index (χ0n) is 32.4. The van der Waals surface area contributed by atoms with Crippen LogP contribution < -0.4 is 20.3 Å². The first kappa shape index (κ1) is 41.6. The van der Waals surface area contributed by atoms with Crippen molar-refractivity contribution in [1.82, 2.24) is 4.72 Å². The fourth-order valence-corrected chi connectivity index (χ4v) is 7.11. The third-order valence-corrected chi connectivity index (χ3v) is 10.6. The van der Waals surface area contributed by atoms with Crippen LogP contribution in [-0.2, 0) is 12.8 Å². The first-order chi connectivity index (χ1) is 25.8. The van der Waals surface area contributed by atoms with E-state index in [1.54, 1.807) is 6.07 Å². The maximum atomic E-state index is 13.7. The summed E-state index contributed by atoms with van der Waals surface area (Å²) in [7, 11) is 0. The molecular weight excluding hydrogens is 677 g/mol. The van der Waals surface area contributed by atoms with Gasteiger partial charge in [-0.25, -0.2) is 0 Å². The third kappa shape index (κ3) is 13.7. The van der Waals surface area contributed by atoms with Gasteiger partial charge in [-0.15, -0.1) is 0 Å². The van der Waals surface area contributed by atoms with Crippen LogP contribution in [0.3, 0.4) is 0 Å². The zero-order valence-corrected chi connectivity index (χ0v) is 33.2. The Kier molecular flexibility index (Phi) is 17.4. The van der Waals surface area contributed by atoms with Crippen LogP contribution in [0.2, 0.25) is 0 Å². The molecule has 1 aliphatic carbocycles. The van der Waals surface area contributed by atoms with Crippen molar-refractivity contribution in [3.8, 4) is 0 Å². The molecule has 2 fully saturated rings. The molecule has 0 radical (unpaired) electrons. The molecule has 4 N–H and O–H groups in total. The van der Waals surface area contributed by atoms with Crippen molar-refractivity contribution in [3.63, 3.8) is 0 Å². The molecule has 6 rings (SSSR count). The maximum absolute atomic E-state index is 13.7. The van der Waals surface area contributed by atoms with Gasteiger partial charge in [0.1, 0.15) is 0 Å². The summed E-state index contributed by atoms with van der Waals surface area (Å²) in [6.07, 6.45) is 9.92. The summed E-state index contributed by atoms with van der Waals surface area (Å²) in [6.45, 7) is 13.1. The SMILES string of the molecule is CC.CC1CCC(O)CC1.CCNSc1cccc(C(=O)Nc2ccc(N3CCCCC3)cc2C(=O)Nc2ccc(CCc3ccc(C)cc3)cc2)c1. The van der Waals surface area contributed by atoms with Crippen LogP contribution in [-0.4, -0.2) is 42.7 Å². The molecule has 4 aromatic rings. The standard InChI is InChI=1S/C36H40N4O2S.C7H14O.C2H6/c1-3-37-43-32-9-7-8-29(24-32)35(41)39-34-21-20-31(40-22-5-4-6-23-40)25-33(34)36(42)38-30-18-16-28(17-19-30)15-14-27-12-10-26(2)11-13-27;1-6-2-4-7(8)5-3-6;1-2/h7-13,16-21,24-25,37H,3-6,14-15,22-23H2,1-2H3,(H,38,42)(H,39,41);6-8H,2-5H2,1H3;1-2H3. The number of amides is 2. The van der Waals surface area contributed by atoms with E-state index in [4.69, 9.17) is 5.11 Å². The van der Waals surface area contributed by atoms with Gasteiger partial charge in [0.15, 0.2) is 0 Å². The lowest BCUT2D eigenvalue weighted by Crippen LogP contribution is -2.29. The minimum atomic E-state index is -0.253. The van der Waals surface area contributed by atoms with Gasteiger partial charge in [-0.1, -0.05) is 75.7 Å². The van der Waals surface area contributed by atoms with Gasteiger partial charge < -0.3 is 20.6 Å². The lowest BCUT2D eigenvalue weighted by atomic mass is 9.89. The van der Waals surface area contributed by atoms with E-state index in [1.165, 1.54) is 47.9 Å². The summed E-state index contributed by atoms with van der Waals surface area (Å²) in [4.78, 5) is 30.3. The van der Waals surface area contributed by atoms with E-state index < -0.39 is 0 Å². The van der Waals surface area contributed by atoms with Gasteiger partial charge >= 0.3 is 0 Å². The zero-order chi connectivity index (χ0) is 38.0. The summed E-state index contributed by atoms with van der Waals surface area (Å²) in [5, 5.41) is 15.1. The highest BCUT2D eigenvalue weighted by atomic mass is 32.2. The number of anilines is 3. The van der Waals surface area contributed by atoms with Crippen molar-refractivity contribution in [2.75, 3.05) is 35.2 Å². The van der Waals surface area contributed by atoms with Crippen molar-refractivity contribution in [2.45, 2.75) is 103 Å². The minimum Gasteiger partial charge on any atom is -0.393 e. The predicted molar refractivity (Wildman–Crippen MR) is 224 cm³/mol. The molecule has 0 unspecified atom stereocenters. The molecule has 1 saturated carbocycles. The van der Waals surface area contributed by atoms with Crippen molar-refractivity contribution in [1.29, 1.82) is 0 Å². The lowest BCUT2D eigenvalue weighted by molar-refractivity contribution is 0.102. The van der Waals surface area contributed by atoms with Crippen molar-refractivity contribution in [2.24, 2.45) is 5.92 Å². The van der Waals surface area contributed by atoms with Crippen LogP contribution in [0.25, 0.3) is 0 Å². The van der Waals surface area contributed by atoms with E-state index >= 15 is 0 Å². The number of benzene rings is 4. The molecular formula is C45H60N4O3S. The number of hydrogen-bond acceptors (Lipinski definition) is 6. The molecule has 53 heavy (non-hydrogen) atoms. The third-order valence-electron chi connectivity index (χ3n) is 9.67. The Morgan fingerprint density at radius 1 is 0.774 bits per heavy atom. The van der Waals surface area contributed by atoms with Crippen LogP contribution in [0.4, 0.5) is 17.1 Å². The molecule has 1 heterocycles. The first-order valence-corrected chi connectivity index (χ1v) is 20.4. The summed E-state index contributed by atoms with van der Waals surface area (Å²) < 4.78 is 3.21. The molecule has 1 aliphatic heterocycles. The van der Waals surface area contributed by atoms with Crippen molar-refractivity contribution >= 4 is 40.8 Å². The quantitative estimate of drug-likeness (QED) is 0.115. The highest BCUT2D eigenvalue weighted by molar-refractivity contribution is 7.97. The number of rotatable bonds is 11. The average Bonchev–Trinajstić information content (AvgIpc) is 3.20. The van der Waals surface area contributed by atoms with E-state index in [-0.39, 0.29) is 17.9 Å². The van der Waals surface area contributed by atoms with Crippen LogP contribution in [0, 0.1) is 12.8 Å². The number of aryl methyl sites for hydroxylation is 3. The van der Waals surface area contributed by atoms with Gasteiger partial charge in [0, 0.05) is 41.5 Å². The molecule has 0 spiro atoms. The Morgan fingerprint density at radius 3 is 2.04 bits per heavy atom. The summed E-state index contributed by atoms with van der Waals surface area (Å²) in [6, 6.07) is 29.9. The predicted octanol–water partition coefficient (Wildman–Crippen LogP) is 10.5. The fraction of sp³-hybridized carbons (Fsp3) is 0.422. The Morgan fingerprint density at radius 2 is 1.42 bits per heavy atom. The number of carbonyl (C=O) groups is 2. The second-order valence-corrected chi connectivity index (χ2v) is 14.9. The number of aliphatic hydroxyl groups is 1. The van der Waals surface area contributed by atoms with Crippen LogP contribution in [0.5, 0.6) is 0 Å². The molecule has 284 valence electrons. The Balaban J connectivity index is 0.000000549. The monoisotopic (exact) mass is 736 g/mol. The Bertz CT molecular complexity index is 1690. The highest BCUT2D eigenvalue weighted by Crippen LogP contribution is 2.28. The van der Waals surface area contributed by atoms with Crippen molar-refractivity contribution < 1.29 is 14.7 Å². The number of nitrogens with one attached hydrogen (secondary N) is 3. The molecule has 4 aromatic carbocycles. The molecule has 8 heteroatoms.